The lowest BCUT2D eigenvalue weighted by molar-refractivity contribution is -0.144. The van der Waals surface area contributed by atoms with Gasteiger partial charge in [0.1, 0.15) is 6.04 Å². The molecule has 1 atom stereocenters. The number of hydrogen-bond donors (Lipinski definition) is 2. The van der Waals surface area contributed by atoms with Crippen molar-refractivity contribution in [3.63, 3.8) is 0 Å². The smallest absolute Gasteiger partial charge is 0.329 e. The van der Waals surface area contributed by atoms with Gasteiger partial charge in [-0.05, 0) is 18.3 Å². The Kier molecular flexibility index (Phi) is 4.29. The summed E-state index contributed by atoms with van der Waals surface area (Å²) in [6.07, 6.45) is 2.45. The molecule has 1 aliphatic rings. The summed E-state index contributed by atoms with van der Waals surface area (Å²) in [7, 11) is 1.32. The van der Waals surface area contributed by atoms with Crippen LogP contribution >= 0.6 is 0 Å². The maximum absolute atomic E-state index is 11.3. The lowest BCUT2D eigenvalue weighted by atomic mass is 10.1. The number of nitrogens with one attached hydrogen (secondary N) is 2. The molecule has 5 heteroatoms. The van der Waals surface area contributed by atoms with Crippen molar-refractivity contribution < 1.29 is 14.3 Å². The zero-order valence-corrected chi connectivity index (χ0v) is 10.1. The summed E-state index contributed by atoms with van der Waals surface area (Å²) in [5.74, 6) is -0.640. The Labute approximate surface area is 95.9 Å². The number of rotatable bonds is 6. The second kappa shape index (κ2) is 5.30. The van der Waals surface area contributed by atoms with Crippen LogP contribution in [0.25, 0.3) is 0 Å². The molecule has 1 amide bonds. The summed E-state index contributed by atoms with van der Waals surface area (Å²) >= 11 is 0. The third kappa shape index (κ3) is 4.18. The van der Waals surface area contributed by atoms with Gasteiger partial charge in [0, 0.05) is 20.0 Å². The van der Waals surface area contributed by atoms with Crippen LogP contribution in [0.4, 0.5) is 0 Å². The Bertz CT molecular complexity index is 274. The molecule has 1 rings (SSSR count). The van der Waals surface area contributed by atoms with Crippen LogP contribution in [0, 0.1) is 5.41 Å². The van der Waals surface area contributed by atoms with Crippen molar-refractivity contribution in [1.29, 1.82) is 0 Å². The predicted molar refractivity (Wildman–Crippen MR) is 59.8 cm³/mol. The van der Waals surface area contributed by atoms with Gasteiger partial charge < -0.3 is 15.4 Å². The van der Waals surface area contributed by atoms with E-state index in [2.05, 4.69) is 22.3 Å². The molecule has 0 radical (unpaired) electrons. The SMILES string of the molecule is COC(=O)C(CNCC1(C)CC1)NC(C)=O. The summed E-state index contributed by atoms with van der Waals surface area (Å²) in [4.78, 5) is 22.2. The zero-order valence-electron chi connectivity index (χ0n) is 10.1. The molecule has 1 fully saturated rings. The van der Waals surface area contributed by atoms with E-state index in [4.69, 9.17) is 0 Å². The Balaban J connectivity index is 2.31. The molecule has 92 valence electrons. The number of carbonyl (C=O) groups excluding carboxylic acids is 2. The first kappa shape index (κ1) is 13.0. The molecule has 0 spiro atoms. The Morgan fingerprint density at radius 3 is 2.50 bits per heavy atom. The van der Waals surface area contributed by atoms with E-state index >= 15 is 0 Å². The van der Waals surface area contributed by atoms with E-state index in [0.29, 0.717) is 12.0 Å². The summed E-state index contributed by atoms with van der Waals surface area (Å²) in [5, 5.41) is 5.75. The van der Waals surface area contributed by atoms with Gasteiger partial charge in [0.2, 0.25) is 5.91 Å². The molecule has 0 aromatic heterocycles. The fourth-order valence-corrected chi connectivity index (χ4v) is 1.49. The van der Waals surface area contributed by atoms with Crippen LogP contribution in [0.5, 0.6) is 0 Å². The van der Waals surface area contributed by atoms with E-state index in [-0.39, 0.29) is 5.91 Å². The van der Waals surface area contributed by atoms with Crippen molar-refractivity contribution in [3.8, 4) is 0 Å². The molecule has 16 heavy (non-hydrogen) atoms. The zero-order chi connectivity index (χ0) is 12.2. The fourth-order valence-electron chi connectivity index (χ4n) is 1.49. The van der Waals surface area contributed by atoms with Gasteiger partial charge in [-0.25, -0.2) is 4.79 Å². The third-order valence-electron chi connectivity index (χ3n) is 2.87. The monoisotopic (exact) mass is 228 g/mol. The Hall–Kier alpha value is -1.10. The molecule has 0 aliphatic heterocycles. The van der Waals surface area contributed by atoms with Crippen molar-refractivity contribution in [2.45, 2.75) is 32.7 Å². The standard InChI is InChI=1S/C11H20N2O3/c1-8(14)13-9(10(15)16-3)6-12-7-11(2)4-5-11/h9,12H,4-7H2,1-3H3,(H,13,14). The van der Waals surface area contributed by atoms with E-state index < -0.39 is 12.0 Å². The molecule has 0 saturated heterocycles. The van der Waals surface area contributed by atoms with Crippen LogP contribution < -0.4 is 10.6 Å². The number of hydrogen-bond acceptors (Lipinski definition) is 4. The molecule has 2 N–H and O–H groups in total. The van der Waals surface area contributed by atoms with Crippen LogP contribution in [0.15, 0.2) is 0 Å². The molecular formula is C11H20N2O3. The van der Waals surface area contributed by atoms with Crippen LogP contribution in [-0.2, 0) is 14.3 Å². The second-order valence-corrected chi connectivity index (χ2v) is 4.72. The average Bonchev–Trinajstić information content (AvgIpc) is 2.93. The van der Waals surface area contributed by atoms with Gasteiger partial charge in [-0.2, -0.15) is 0 Å². The average molecular weight is 228 g/mol. The van der Waals surface area contributed by atoms with Crippen LogP contribution in [0.2, 0.25) is 0 Å². The molecule has 0 aromatic carbocycles. The quantitative estimate of drug-likeness (QED) is 0.631. The predicted octanol–water partition coefficient (Wildman–Crippen LogP) is 0.0538. The first-order chi connectivity index (χ1) is 7.47. The molecule has 0 bridgehead atoms. The third-order valence-corrected chi connectivity index (χ3v) is 2.87. The largest absolute Gasteiger partial charge is 0.467 e. The second-order valence-electron chi connectivity index (χ2n) is 4.72. The highest BCUT2D eigenvalue weighted by atomic mass is 16.5. The van der Waals surface area contributed by atoms with Gasteiger partial charge in [-0.1, -0.05) is 6.92 Å². The summed E-state index contributed by atoms with van der Waals surface area (Å²) in [5.41, 5.74) is 0.386. The number of esters is 1. The van der Waals surface area contributed by atoms with Crippen LogP contribution in [0.1, 0.15) is 26.7 Å². The minimum absolute atomic E-state index is 0.227. The van der Waals surface area contributed by atoms with Gasteiger partial charge in [-0.3, -0.25) is 4.79 Å². The normalized spacial score (nSPS) is 18.7. The van der Waals surface area contributed by atoms with Crippen LogP contribution in [-0.4, -0.2) is 38.1 Å². The number of carbonyl (C=O) groups is 2. The van der Waals surface area contributed by atoms with E-state index in [9.17, 15) is 9.59 Å². The first-order valence-corrected chi connectivity index (χ1v) is 5.52. The Morgan fingerprint density at radius 1 is 1.44 bits per heavy atom. The Morgan fingerprint density at radius 2 is 2.06 bits per heavy atom. The highest BCUT2D eigenvalue weighted by Gasteiger charge is 2.36. The van der Waals surface area contributed by atoms with Crippen LogP contribution in [0.3, 0.4) is 0 Å². The summed E-state index contributed by atoms with van der Waals surface area (Å²) < 4.78 is 4.62. The van der Waals surface area contributed by atoms with Crippen molar-refractivity contribution in [3.05, 3.63) is 0 Å². The molecule has 1 saturated carbocycles. The number of ether oxygens (including phenoxy) is 1. The van der Waals surface area contributed by atoms with Crippen molar-refractivity contribution >= 4 is 11.9 Å². The molecule has 5 nitrogen and oxygen atoms in total. The van der Waals surface area contributed by atoms with Gasteiger partial charge in [0.25, 0.3) is 0 Å². The number of methoxy groups -OCH3 is 1. The maximum atomic E-state index is 11.3. The lowest BCUT2D eigenvalue weighted by Crippen LogP contribution is -2.47. The van der Waals surface area contributed by atoms with E-state index in [1.165, 1.54) is 26.9 Å². The topological polar surface area (TPSA) is 67.4 Å². The fraction of sp³-hybridized carbons (Fsp3) is 0.818. The molecule has 1 aliphatic carbocycles. The van der Waals surface area contributed by atoms with Crippen molar-refractivity contribution in [2.75, 3.05) is 20.2 Å². The number of amides is 1. The summed E-state index contributed by atoms with van der Waals surface area (Å²) in [6.45, 7) is 4.88. The molecular weight excluding hydrogens is 208 g/mol. The van der Waals surface area contributed by atoms with Gasteiger partial charge >= 0.3 is 5.97 Å². The first-order valence-electron chi connectivity index (χ1n) is 5.52. The summed E-state index contributed by atoms with van der Waals surface area (Å²) in [6, 6.07) is -0.593. The lowest BCUT2D eigenvalue weighted by Gasteiger charge is -2.17. The highest BCUT2D eigenvalue weighted by Crippen LogP contribution is 2.43. The molecule has 0 heterocycles. The molecule has 1 unspecified atom stereocenters. The van der Waals surface area contributed by atoms with Crippen molar-refractivity contribution in [2.24, 2.45) is 5.41 Å². The van der Waals surface area contributed by atoms with Gasteiger partial charge in [-0.15, -0.1) is 0 Å². The van der Waals surface area contributed by atoms with E-state index in [1.54, 1.807) is 0 Å². The minimum atomic E-state index is -0.593. The van der Waals surface area contributed by atoms with E-state index in [1.807, 2.05) is 0 Å². The highest BCUT2D eigenvalue weighted by molar-refractivity contribution is 5.83. The van der Waals surface area contributed by atoms with Gasteiger partial charge in [0.05, 0.1) is 7.11 Å². The molecule has 0 aromatic rings. The van der Waals surface area contributed by atoms with Crippen molar-refractivity contribution in [1.82, 2.24) is 10.6 Å². The van der Waals surface area contributed by atoms with Gasteiger partial charge in [0.15, 0.2) is 0 Å². The maximum Gasteiger partial charge on any atom is 0.329 e. The minimum Gasteiger partial charge on any atom is -0.467 e. The van der Waals surface area contributed by atoms with E-state index in [0.717, 1.165) is 6.54 Å².